The maximum absolute atomic E-state index is 10.0. The van der Waals surface area contributed by atoms with Crippen LogP contribution in [0.2, 0.25) is 0 Å². The lowest BCUT2D eigenvalue weighted by Crippen LogP contribution is -2.35. The van der Waals surface area contributed by atoms with Crippen molar-refractivity contribution in [3.05, 3.63) is 29.8 Å². The molecule has 3 heteroatoms. The molecule has 2 bridgehead atoms. The minimum absolute atomic E-state index is 0.359. The lowest BCUT2D eigenvalue weighted by atomic mass is 9.83. The molecule has 2 saturated carbocycles. The van der Waals surface area contributed by atoms with Gasteiger partial charge in [-0.05, 0) is 48.6 Å². The van der Waals surface area contributed by atoms with Crippen molar-refractivity contribution in [2.24, 2.45) is 11.8 Å². The van der Waals surface area contributed by atoms with Crippen LogP contribution in [0.4, 0.5) is 0 Å². The van der Waals surface area contributed by atoms with Crippen molar-refractivity contribution in [3.8, 4) is 5.75 Å². The van der Waals surface area contributed by atoms with Crippen molar-refractivity contribution in [1.82, 2.24) is 5.32 Å². The number of para-hydroxylation sites is 1. The van der Waals surface area contributed by atoms with Gasteiger partial charge in [0.15, 0.2) is 0 Å². The summed E-state index contributed by atoms with van der Waals surface area (Å²) < 4.78 is 5.96. The molecule has 1 aromatic carbocycles. The Bertz CT molecular complexity index is 488. The molecule has 2 fully saturated rings. The minimum atomic E-state index is -0.463. The third-order valence-electron chi connectivity index (χ3n) is 5.25. The van der Waals surface area contributed by atoms with Crippen LogP contribution in [0.5, 0.6) is 5.75 Å². The van der Waals surface area contributed by atoms with Gasteiger partial charge in [-0.15, -0.1) is 0 Å². The van der Waals surface area contributed by atoms with E-state index in [9.17, 15) is 5.11 Å². The van der Waals surface area contributed by atoms with Crippen LogP contribution in [-0.2, 0) is 0 Å². The molecular weight excluding hydrogens is 274 g/mol. The van der Waals surface area contributed by atoms with Crippen molar-refractivity contribution in [2.45, 2.75) is 57.6 Å². The summed E-state index contributed by atoms with van der Waals surface area (Å²) >= 11 is 0. The van der Waals surface area contributed by atoms with Gasteiger partial charge in [-0.25, -0.2) is 0 Å². The molecule has 0 heterocycles. The summed E-state index contributed by atoms with van der Waals surface area (Å²) in [6, 6.07) is 8.81. The maximum Gasteiger partial charge on any atom is 0.122 e. The Hall–Kier alpha value is -1.06. The van der Waals surface area contributed by atoms with E-state index in [2.05, 4.69) is 37.4 Å². The van der Waals surface area contributed by atoms with Gasteiger partial charge in [0, 0.05) is 12.6 Å². The first-order valence-corrected chi connectivity index (χ1v) is 8.76. The van der Waals surface area contributed by atoms with Crippen molar-refractivity contribution in [1.29, 1.82) is 0 Å². The third kappa shape index (κ3) is 3.64. The van der Waals surface area contributed by atoms with E-state index in [1.54, 1.807) is 0 Å². The summed E-state index contributed by atoms with van der Waals surface area (Å²) in [7, 11) is 0. The highest BCUT2D eigenvalue weighted by Crippen LogP contribution is 2.54. The van der Waals surface area contributed by atoms with E-state index >= 15 is 0 Å². The van der Waals surface area contributed by atoms with Gasteiger partial charge in [0.2, 0.25) is 0 Å². The lowest BCUT2D eigenvalue weighted by Gasteiger charge is -2.25. The summed E-state index contributed by atoms with van der Waals surface area (Å²) in [5.41, 5.74) is 1.36. The van der Waals surface area contributed by atoms with Crippen LogP contribution in [-0.4, -0.2) is 30.4 Å². The monoisotopic (exact) mass is 303 g/mol. The average molecular weight is 303 g/mol. The van der Waals surface area contributed by atoms with Crippen LogP contribution in [0.25, 0.3) is 0 Å². The van der Waals surface area contributed by atoms with Gasteiger partial charge >= 0.3 is 0 Å². The molecule has 3 rings (SSSR count). The molecular formula is C19H29NO2. The third-order valence-corrected chi connectivity index (χ3v) is 5.25. The maximum atomic E-state index is 10.0. The number of ether oxygens (including phenoxy) is 1. The van der Waals surface area contributed by atoms with Gasteiger partial charge < -0.3 is 15.2 Å². The highest BCUT2D eigenvalue weighted by molar-refractivity contribution is 5.38. The van der Waals surface area contributed by atoms with Gasteiger partial charge in [-0.3, -0.25) is 0 Å². The first-order valence-electron chi connectivity index (χ1n) is 8.76. The fourth-order valence-corrected chi connectivity index (χ4v) is 4.16. The summed E-state index contributed by atoms with van der Waals surface area (Å²) in [6.45, 7) is 5.10. The van der Waals surface area contributed by atoms with Crippen LogP contribution < -0.4 is 10.1 Å². The summed E-state index contributed by atoms with van der Waals surface area (Å²) in [5.74, 6) is 3.43. The predicted octanol–water partition coefficient (Wildman–Crippen LogP) is 3.33. The second-order valence-electron chi connectivity index (χ2n) is 7.35. The van der Waals surface area contributed by atoms with Crippen LogP contribution >= 0.6 is 0 Å². The zero-order chi connectivity index (χ0) is 15.5. The summed E-state index contributed by atoms with van der Waals surface area (Å²) in [5, 5.41) is 13.3. The highest BCUT2D eigenvalue weighted by atomic mass is 16.5. The van der Waals surface area contributed by atoms with Crippen LogP contribution in [0.15, 0.2) is 24.3 Å². The highest BCUT2D eigenvalue weighted by Gasteiger charge is 2.41. The Kier molecular flexibility index (Phi) is 5.04. The van der Waals surface area contributed by atoms with Crippen LogP contribution in [0.1, 0.15) is 51.0 Å². The SMILES string of the molecule is CC(C)NCC(O)COc1ccccc1C1C[C@@H]2CC[C@H]1C2. The van der Waals surface area contributed by atoms with E-state index in [0.717, 1.165) is 17.6 Å². The Morgan fingerprint density at radius 2 is 2.05 bits per heavy atom. The first kappa shape index (κ1) is 15.8. The Labute approximate surface area is 134 Å². The van der Waals surface area contributed by atoms with Gasteiger partial charge in [0.25, 0.3) is 0 Å². The quantitative estimate of drug-likeness (QED) is 0.812. The Morgan fingerprint density at radius 1 is 1.23 bits per heavy atom. The molecule has 3 nitrogen and oxygen atoms in total. The molecule has 2 aliphatic rings. The summed E-state index contributed by atoms with van der Waals surface area (Å²) in [6.07, 6.45) is 5.06. The van der Waals surface area contributed by atoms with Crippen molar-refractivity contribution in [2.75, 3.05) is 13.2 Å². The number of benzene rings is 1. The largest absolute Gasteiger partial charge is 0.491 e. The smallest absolute Gasteiger partial charge is 0.122 e. The predicted molar refractivity (Wildman–Crippen MR) is 89.3 cm³/mol. The molecule has 2 N–H and O–H groups in total. The standard InChI is InChI=1S/C19H29NO2/c1-13(2)20-11-16(21)12-22-19-6-4-3-5-17(19)18-10-14-7-8-15(18)9-14/h3-6,13-16,18,20-21H,7-12H2,1-2H3/t14-,15+,16?,18?/m1/s1. The van der Waals surface area contributed by atoms with Crippen molar-refractivity contribution < 1.29 is 9.84 Å². The van der Waals surface area contributed by atoms with Gasteiger partial charge in [0.1, 0.15) is 18.5 Å². The fourth-order valence-electron chi connectivity index (χ4n) is 4.16. The molecule has 0 saturated heterocycles. The molecule has 0 amide bonds. The molecule has 4 atom stereocenters. The molecule has 1 aromatic rings. The minimum Gasteiger partial charge on any atom is -0.491 e. The first-order chi connectivity index (χ1) is 10.6. The zero-order valence-electron chi connectivity index (χ0n) is 13.8. The van der Waals surface area contributed by atoms with Crippen molar-refractivity contribution >= 4 is 0 Å². The van der Waals surface area contributed by atoms with Crippen LogP contribution in [0, 0.1) is 11.8 Å². The lowest BCUT2D eigenvalue weighted by molar-refractivity contribution is 0.103. The van der Waals surface area contributed by atoms with E-state index in [-0.39, 0.29) is 0 Å². The summed E-state index contributed by atoms with van der Waals surface area (Å²) in [4.78, 5) is 0. The second kappa shape index (κ2) is 7.01. The van der Waals surface area contributed by atoms with Gasteiger partial charge in [0.05, 0.1) is 0 Å². The van der Waals surface area contributed by atoms with E-state index in [1.807, 2.05) is 6.07 Å². The Balaban J connectivity index is 1.60. The number of hydrogen-bond acceptors (Lipinski definition) is 3. The van der Waals surface area contributed by atoms with Crippen LogP contribution in [0.3, 0.4) is 0 Å². The molecule has 0 spiro atoms. The normalized spacial score (nSPS) is 28.3. The second-order valence-corrected chi connectivity index (χ2v) is 7.35. The average Bonchev–Trinajstić information content (AvgIpc) is 3.14. The molecule has 0 aliphatic heterocycles. The molecule has 2 unspecified atom stereocenters. The number of hydrogen-bond donors (Lipinski definition) is 2. The number of fused-ring (bicyclic) bond motifs is 2. The Morgan fingerprint density at radius 3 is 2.73 bits per heavy atom. The van der Waals surface area contributed by atoms with E-state index in [1.165, 1.54) is 31.2 Å². The molecule has 0 aromatic heterocycles. The topological polar surface area (TPSA) is 41.5 Å². The van der Waals surface area contributed by atoms with E-state index in [4.69, 9.17) is 4.74 Å². The molecule has 22 heavy (non-hydrogen) atoms. The number of nitrogens with one attached hydrogen (secondary N) is 1. The molecule has 0 radical (unpaired) electrons. The van der Waals surface area contributed by atoms with E-state index < -0.39 is 6.10 Å². The number of rotatable bonds is 7. The van der Waals surface area contributed by atoms with Gasteiger partial charge in [-0.2, -0.15) is 0 Å². The van der Waals surface area contributed by atoms with E-state index in [0.29, 0.717) is 25.1 Å². The fraction of sp³-hybridized carbons (Fsp3) is 0.684. The van der Waals surface area contributed by atoms with Crippen molar-refractivity contribution in [3.63, 3.8) is 0 Å². The molecule has 2 aliphatic carbocycles. The van der Waals surface area contributed by atoms with Gasteiger partial charge in [-0.1, -0.05) is 38.5 Å². The zero-order valence-corrected chi connectivity index (χ0v) is 13.8. The number of aliphatic hydroxyl groups excluding tert-OH is 1. The molecule has 122 valence electrons. The number of aliphatic hydroxyl groups is 1.